The predicted molar refractivity (Wildman–Crippen MR) is 104 cm³/mol. The second-order valence-corrected chi connectivity index (χ2v) is 6.57. The summed E-state index contributed by atoms with van der Waals surface area (Å²) < 4.78 is 5.34. The number of nitrogens with one attached hydrogen (secondary N) is 2. The molecule has 2 N–H and O–H groups in total. The van der Waals surface area contributed by atoms with Gasteiger partial charge in [-0.2, -0.15) is 0 Å². The molecule has 1 amide bonds. The Morgan fingerprint density at radius 2 is 1.96 bits per heavy atom. The number of rotatable bonds is 6. The summed E-state index contributed by atoms with van der Waals surface area (Å²) in [4.78, 5) is 19.1. The summed E-state index contributed by atoms with van der Waals surface area (Å²) in [6.45, 7) is 9.44. The summed E-state index contributed by atoms with van der Waals surface area (Å²) >= 11 is 0. The number of benzene rings is 1. The van der Waals surface area contributed by atoms with Gasteiger partial charge in [0, 0.05) is 38.1 Å². The van der Waals surface area contributed by atoms with Crippen molar-refractivity contribution in [3.05, 3.63) is 53.2 Å². The van der Waals surface area contributed by atoms with Gasteiger partial charge in [0.2, 0.25) is 0 Å². The zero-order chi connectivity index (χ0) is 18.4. The highest BCUT2D eigenvalue weighted by Crippen LogP contribution is 2.15. The highest BCUT2D eigenvalue weighted by Gasteiger charge is 2.10. The molecule has 0 atom stereocenters. The first kappa shape index (κ1) is 18.4. The fourth-order valence-corrected chi connectivity index (χ4v) is 2.82. The average Bonchev–Trinajstić information content (AvgIpc) is 2.66. The van der Waals surface area contributed by atoms with Crippen molar-refractivity contribution >= 4 is 17.4 Å². The standard InChI is InChI=1S/C20H26N4O2/c1-15-3-5-18(13-16(15)2)23-20(25)17-4-6-19(22-14-17)21-7-8-24-9-11-26-12-10-24/h3-6,13-14H,7-12H2,1-2H3,(H,21,22)(H,23,25). The lowest BCUT2D eigenvalue weighted by molar-refractivity contribution is 0.0398. The number of nitrogens with zero attached hydrogens (tertiary/aromatic N) is 2. The topological polar surface area (TPSA) is 66.5 Å². The van der Waals surface area contributed by atoms with E-state index in [1.807, 2.05) is 31.2 Å². The molecule has 6 nitrogen and oxygen atoms in total. The molecule has 1 aliphatic rings. The van der Waals surface area contributed by atoms with E-state index in [4.69, 9.17) is 4.74 Å². The minimum absolute atomic E-state index is 0.152. The zero-order valence-electron chi connectivity index (χ0n) is 15.4. The molecule has 0 aliphatic carbocycles. The van der Waals surface area contributed by atoms with Gasteiger partial charge in [-0.05, 0) is 49.2 Å². The Bertz CT molecular complexity index is 740. The van der Waals surface area contributed by atoms with Crippen LogP contribution in [0.3, 0.4) is 0 Å². The molecule has 1 aliphatic heterocycles. The third kappa shape index (κ3) is 5.03. The Hall–Kier alpha value is -2.44. The number of hydrogen-bond acceptors (Lipinski definition) is 5. The van der Waals surface area contributed by atoms with Gasteiger partial charge in [0.05, 0.1) is 18.8 Å². The van der Waals surface area contributed by atoms with E-state index in [0.717, 1.165) is 56.5 Å². The van der Waals surface area contributed by atoms with Crippen LogP contribution in [0.15, 0.2) is 36.5 Å². The largest absolute Gasteiger partial charge is 0.379 e. The molecule has 3 rings (SSSR count). The van der Waals surface area contributed by atoms with E-state index in [9.17, 15) is 4.79 Å². The van der Waals surface area contributed by atoms with E-state index in [0.29, 0.717) is 5.56 Å². The van der Waals surface area contributed by atoms with Crippen molar-refractivity contribution in [2.45, 2.75) is 13.8 Å². The number of aryl methyl sites for hydroxylation is 2. The number of hydrogen-bond donors (Lipinski definition) is 2. The number of carbonyl (C=O) groups excluding carboxylic acids is 1. The lowest BCUT2D eigenvalue weighted by Gasteiger charge is -2.26. The molecule has 1 aromatic carbocycles. The smallest absolute Gasteiger partial charge is 0.257 e. The van der Waals surface area contributed by atoms with Gasteiger partial charge in [-0.1, -0.05) is 6.07 Å². The SMILES string of the molecule is Cc1ccc(NC(=O)c2ccc(NCCN3CCOCC3)nc2)cc1C. The maximum atomic E-state index is 12.4. The lowest BCUT2D eigenvalue weighted by atomic mass is 10.1. The maximum absolute atomic E-state index is 12.4. The predicted octanol–water partition coefficient (Wildman–Crippen LogP) is 2.69. The normalized spacial score (nSPS) is 14.8. The van der Waals surface area contributed by atoms with Crippen molar-refractivity contribution in [1.82, 2.24) is 9.88 Å². The fourth-order valence-electron chi connectivity index (χ4n) is 2.82. The molecule has 0 unspecified atom stereocenters. The van der Waals surface area contributed by atoms with Crippen molar-refractivity contribution < 1.29 is 9.53 Å². The monoisotopic (exact) mass is 354 g/mol. The number of morpholine rings is 1. The van der Waals surface area contributed by atoms with Gasteiger partial charge in [-0.15, -0.1) is 0 Å². The van der Waals surface area contributed by atoms with Crippen LogP contribution in [0.4, 0.5) is 11.5 Å². The van der Waals surface area contributed by atoms with Crippen LogP contribution in [0.1, 0.15) is 21.5 Å². The number of ether oxygens (including phenoxy) is 1. The molecule has 138 valence electrons. The molecule has 6 heteroatoms. The van der Waals surface area contributed by atoms with Crippen LogP contribution in [0, 0.1) is 13.8 Å². The van der Waals surface area contributed by atoms with E-state index in [2.05, 4.69) is 27.4 Å². The Kier molecular flexibility index (Phi) is 6.20. The molecule has 1 aromatic heterocycles. The fraction of sp³-hybridized carbons (Fsp3) is 0.400. The van der Waals surface area contributed by atoms with E-state index in [1.165, 1.54) is 5.56 Å². The molecule has 0 bridgehead atoms. The molecule has 1 saturated heterocycles. The van der Waals surface area contributed by atoms with Gasteiger partial charge in [-0.3, -0.25) is 9.69 Å². The average molecular weight is 354 g/mol. The van der Waals surface area contributed by atoms with Crippen molar-refractivity contribution in [2.24, 2.45) is 0 Å². The molecule has 2 heterocycles. The second-order valence-electron chi connectivity index (χ2n) is 6.57. The Morgan fingerprint density at radius 1 is 1.15 bits per heavy atom. The molecule has 0 radical (unpaired) electrons. The van der Waals surface area contributed by atoms with Crippen LogP contribution in [0.25, 0.3) is 0 Å². The van der Waals surface area contributed by atoms with E-state index in [-0.39, 0.29) is 5.91 Å². The lowest BCUT2D eigenvalue weighted by Crippen LogP contribution is -2.39. The summed E-state index contributed by atoms with van der Waals surface area (Å²) in [6.07, 6.45) is 1.60. The first-order valence-corrected chi connectivity index (χ1v) is 9.00. The highest BCUT2D eigenvalue weighted by molar-refractivity contribution is 6.04. The number of amides is 1. The van der Waals surface area contributed by atoms with Crippen LogP contribution in [0.5, 0.6) is 0 Å². The zero-order valence-corrected chi connectivity index (χ0v) is 15.4. The van der Waals surface area contributed by atoms with Crippen LogP contribution < -0.4 is 10.6 Å². The highest BCUT2D eigenvalue weighted by atomic mass is 16.5. The van der Waals surface area contributed by atoms with Gasteiger partial charge in [0.15, 0.2) is 0 Å². The van der Waals surface area contributed by atoms with Crippen LogP contribution in [0.2, 0.25) is 0 Å². The minimum atomic E-state index is -0.152. The van der Waals surface area contributed by atoms with Crippen molar-refractivity contribution in [3.63, 3.8) is 0 Å². The number of anilines is 2. The summed E-state index contributed by atoms with van der Waals surface area (Å²) in [5.41, 5.74) is 3.70. The van der Waals surface area contributed by atoms with Crippen LogP contribution >= 0.6 is 0 Å². The van der Waals surface area contributed by atoms with Crippen LogP contribution in [-0.4, -0.2) is 55.2 Å². The maximum Gasteiger partial charge on any atom is 0.257 e. The molecule has 0 spiro atoms. The first-order chi connectivity index (χ1) is 12.6. The van der Waals surface area contributed by atoms with Crippen molar-refractivity contribution in [1.29, 1.82) is 0 Å². The van der Waals surface area contributed by atoms with E-state index >= 15 is 0 Å². The first-order valence-electron chi connectivity index (χ1n) is 9.00. The molecule has 0 saturated carbocycles. The van der Waals surface area contributed by atoms with Crippen LogP contribution in [-0.2, 0) is 4.74 Å². The Morgan fingerprint density at radius 3 is 2.65 bits per heavy atom. The minimum Gasteiger partial charge on any atom is -0.379 e. The quantitative estimate of drug-likeness (QED) is 0.835. The summed E-state index contributed by atoms with van der Waals surface area (Å²) in [7, 11) is 0. The number of carbonyl (C=O) groups is 1. The van der Waals surface area contributed by atoms with E-state index in [1.54, 1.807) is 12.3 Å². The summed E-state index contributed by atoms with van der Waals surface area (Å²) in [6, 6.07) is 9.52. The molecule has 2 aromatic rings. The third-order valence-corrected chi connectivity index (χ3v) is 4.63. The second kappa shape index (κ2) is 8.78. The molecule has 26 heavy (non-hydrogen) atoms. The molecular formula is C20H26N4O2. The Labute approximate surface area is 154 Å². The Balaban J connectivity index is 1.49. The third-order valence-electron chi connectivity index (χ3n) is 4.63. The molecule has 1 fully saturated rings. The van der Waals surface area contributed by atoms with Gasteiger partial charge in [0.1, 0.15) is 5.82 Å². The summed E-state index contributed by atoms with van der Waals surface area (Å²) in [5.74, 6) is 0.626. The molecular weight excluding hydrogens is 328 g/mol. The van der Waals surface area contributed by atoms with Crippen molar-refractivity contribution in [3.8, 4) is 0 Å². The van der Waals surface area contributed by atoms with Gasteiger partial charge in [-0.25, -0.2) is 4.98 Å². The van der Waals surface area contributed by atoms with E-state index < -0.39 is 0 Å². The van der Waals surface area contributed by atoms with Gasteiger partial charge in [0.25, 0.3) is 5.91 Å². The number of aromatic nitrogens is 1. The number of pyridine rings is 1. The van der Waals surface area contributed by atoms with Crippen molar-refractivity contribution in [2.75, 3.05) is 50.0 Å². The van der Waals surface area contributed by atoms with Gasteiger partial charge >= 0.3 is 0 Å². The summed E-state index contributed by atoms with van der Waals surface area (Å²) in [5, 5.41) is 6.21. The van der Waals surface area contributed by atoms with Gasteiger partial charge < -0.3 is 15.4 Å².